The summed E-state index contributed by atoms with van der Waals surface area (Å²) in [7, 11) is 0. The number of nitrogens with zero attached hydrogens (tertiary/aromatic N) is 4. The largest absolute Gasteiger partial charge is 0.460 e. The van der Waals surface area contributed by atoms with Crippen molar-refractivity contribution in [3.05, 3.63) is 16.3 Å². The number of rotatable bonds is 5. The van der Waals surface area contributed by atoms with Gasteiger partial charge < -0.3 is 9.64 Å². The highest BCUT2D eigenvalue weighted by Gasteiger charge is 2.27. The third-order valence-corrected chi connectivity index (χ3v) is 6.65. The summed E-state index contributed by atoms with van der Waals surface area (Å²) in [5.74, 6) is 0.726. The molecule has 0 amide bonds. The first-order valence-electron chi connectivity index (χ1n) is 10.2. The van der Waals surface area contributed by atoms with E-state index in [0.717, 1.165) is 56.2 Å². The monoisotopic (exact) mass is 388 g/mol. The second-order valence-corrected chi connectivity index (χ2v) is 8.39. The molecule has 4 rings (SSSR count). The molecule has 1 saturated heterocycles. The normalized spacial score (nSPS) is 17.9. The summed E-state index contributed by atoms with van der Waals surface area (Å²) >= 11 is 1.74. The third-order valence-electron chi connectivity index (χ3n) is 5.47. The first-order chi connectivity index (χ1) is 13.2. The Bertz CT molecular complexity index is 827. The molecule has 0 spiro atoms. The average molecular weight is 389 g/mol. The van der Waals surface area contributed by atoms with Gasteiger partial charge in [0.1, 0.15) is 10.6 Å². The molecular formula is C20H28N4O2S. The minimum absolute atomic E-state index is 0.203. The van der Waals surface area contributed by atoms with Crippen LogP contribution in [0.5, 0.6) is 0 Å². The van der Waals surface area contributed by atoms with Gasteiger partial charge in [-0.2, -0.15) is 0 Å². The molecule has 146 valence electrons. The molecule has 0 saturated carbocycles. The average Bonchev–Trinajstić information content (AvgIpc) is 3.07. The molecule has 0 unspecified atom stereocenters. The second-order valence-electron chi connectivity index (χ2n) is 7.31. The molecule has 0 radical (unpaired) electrons. The highest BCUT2D eigenvalue weighted by atomic mass is 32.1. The number of aromatic nitrogens is 2. The fourth-order valence-electron chi connectivity index (χ4n) is 4.15. The van der Waals surface area contributed by atoms with Crippen molar-refractivity contribution < 1.29 is 9.53 Å². The number of aryl methyl sites for hydroxylation is 2. The topological polar surface area (TPSA) is 58.6 Å². The van der Waals surface area contributed by atoms with Crippen molar-refractivity contribution in [2.45, 2.75) is 46.0 Å². The van der Waals surface area contributed by atoms with Crippen LogP contribution in [0.15, 0.2) is 0 Å². The molecule has 0 bridgehead atoms. The van der Waals surface area contributed by atoms with Gasteiger partial charge in [-0.15, -0.1) is 11.3 Å². The third kappa shape index (κ3) is 3.67. The van der Waals surface area contributed by atoms with E-state index in [9.17, 15) is 4.79 Å². The maximum atomic E-state index is 12.3. The molecule has 0 atom stereocenters. The lowest BCUT2D eigenvalue weighted by atomic mass is 9.97. The Hall–Kier alpha value is -1.73. The minimum atomic E-state index is -0.420. The number of carbonyl (C=O) groups excluding carboxylic acids is 1. The van der Waals surface area contributed by atoms with Gasteiger partial charge in [0.05, 0.1) is 12.0 Å². The molecule has 1 fully saturated rings. The molecule has 7 heteroatoms. The van der Waals surface area contributed by atoms with Crippen LogP contribution in [0.4, 0.5) is 5.82 Å². The van der Waals surface area contributed by atoms with Crippen LogP contribution < -0.4 is 4.90 Å². The standard InChI is InChI=1S/C20H28N4O2S/c1-3-9-23-10-12-24(13-11-23)18-16-14-7-5-6-8-15(14)27-19(16)22-17(21-18)20(25)26-4-2/h3-13H2,1-2H3. The number of piperazine rings is 1. The van der Waals surface area contributed by atoms with Crippen LogP contribution in [0.25, 0.3) is 10.2 Å². The molecule has 3 heterocycles. The zero-order chi connectivity index (χ0) is 18.8. The van der Waals surface area contributed by atoms with Gasteiger partial charge in [0.15, 0.2) is 0 Å². The van der Waals surface area contributed by atoms with E-state index in [0.29, 0.717) is 6.61 Å². The molecule has 6 nitrogen and oxygen atoms in total. The van der Waals surface area contributed by atoms with Crippen molar-refractivity contribution >= 4 is 33.3 Å². The van der Waals surface area contributed by atoms with E-state index in [4.69, 9.17) is 9.72 Å². The summed E-state index contributed by atoms with van der Waals surface area (Å²) in [4.78, 5) is 28.9. The van der Waals surface area contributed by atoms with E-state index >= 15 is 0 Å². The first-order valence-corrected chi connectivity index (χ1v) is 11.0. The summed E-state index contributed by atoms with van der Waals surface area (Å²) < 4.78 is 5.18. The lowest BCUT2D eigenvalue weighted by molar-refractivity contribution is 0.0512. The fourth-order valence-corrected chi connectivity index (χ4v) is 5.41. The number of anilines is 1. The van der Waals surface area contributed by atoms with Gasteiger partial charge in [-0.05, 0) is 51.1 Å². The maximum absolute atomic E-state index is 12.3. The Labute approximate surface area is 164 Å². The van der Waals surface area contributed by atoms with E-state index in [1.54, 1.807) is 11.3 Å². The number of hydrogen-bond donors (Lipinski definition) is 0. The molecular weight excluding hydrogens is 360 g/mol. The van der Waals surface area contributed by atoms with Crippen molar-refractivity contribution in [3.8, 4) is 0 Å². The zero-order valence-corrected chi connectivity index (χ0v) is 17.1. The highest BCUT2D eigenvalue weighted by Crippen LogP contribution is 2.40. The highest BCUT2D eigenvalue weighted by molar-refractivity contribution is 7.19. The van der Waals surface area contributed by atoms with E-state index in [2.05, 4.69) is 21.7 Å². The second kappa shape index (κ2) is 8.10. The number of hydrogen-bond acceptors (Lipinski definition) is 7. The summed E-state index contributed by atoms with van der Waals surface area (Å²) in [5, 5.41) is 1.19. The van der Waals surface area contributed by atoms with Gasteiger partial charge in [-0.1, -0.05) is 6.92 Å². The van der Waals surface area contributed by atoms with Crippen molar-refractivity contribution in [2.24, 2.45) is 0 Å². The van der Waals surface area contributed by atoms with Gasteiger partial charge in [-0.3, -0.25) is 4.90 Å². The summed E-state index contributed by atoms with van der Waals surface area (Å²) in [6.07, 6.45) is 5.86. The van der Waals surface area contributed by atoms with Crippen LogP contribution in [0.1, 0.15) is 54.2 Å². The van der Waals surface area contributed by atoms with Gasteiger partial charge in [0, 0.05) is 31.1 Å². The molecule has 0 aromatic carbocycles. The quantitative estimate of drug-likeness (QED) is 0.733. The summed E-state index contributed by atoms with van der Waals surface area (Å²) in [5.41, 5.74) is 1.42. The van der Waals surface area contributed by atoms with Crippen molar-refractivity contribution in [2.75, 3.05) is 44.2 Å². The van der Waals surface area contributed by atoms with Gasteiger partial charge in [0.25, 0.3) is 0 Å². The predicted molar refractivity (Wildman–Crippen MR) is 109 cm³/mol. The van der Waals surface area contributed by atoms with Gasteiger partial charge >= 0.3 is 5.97 Å². The van der Waals surface area contributed by atoms with E-state index < -0.39 is 5.97 Å². The Morgan fingerprint density at radius 3 is 2.63 bits per heavy atom. The lowest BCUT2D eigenvalue weighted by Crippen LogP contribution is -2.47. The predicted octanol–water partition coefficient (Wildman–Crippen LogP) is 3.28. The molecule has 1 aliphatic heterocycles. The number of thiophene rings is 1. The fraction of sp³-hybridized carbons (Fsp3) is 0.650. The molecule has 27 heavy (non-hydrogen) atoms. The van der Waals surface area contributed by atoms with Gasteiger partial charge in [-0.25, -0.2) is 14.8 Å². The van der Waals surface area contributed by atoms with Crippen molar-refractivity contribution in [3.63, 3.8) is 0 Å². The molecule has 1 aliphatic carbocycles. The first kappa shape index (κ1) is 18.6. The Balaban J connectivity index is 1.74. The van der Waals surface area contributed by atoms with Crippen LogP contribution >= 0.6 is 11.3 Å². The molecule has 2 aromatic heterocycles. The van der Waals surface area contributed by atoms with Crippen molar-refractivity contribution in [1.29, 1.82) is 0 Å². The number of esters is 1. The van der Waals surface area contributed by atoms with Crippen LogP contribution in [0.3, 0.4) is 0 Å². The van der Waals surface area contributed by atoms with Crippen LogP contribution in [-0.4, -0.2) is 60.2 Å². The van der Waals surface area contributed by atoms with E-state index in [1.165, 1.54) is 35.1 Å². The van der Waals surface area contributed by atoms with Crippen molar-refractivity contribution in [1.82, 2.24) is 14.9 Å². The summed E-state index contributed by atoms with van der Waals surface area (Å²) in [6.45, 7) is 9.50. The number of fused-ring (bicyclic) bond motifs is 3. The Kier molecular flexibility index (Phi) is 5.59. The molecule has 2 aromatic rings. The Morgan fingerprint density at radius 1 is 1.11 bits per heavy atom. The molecule has 2 aliphatic rings. The van der Waals surface area contributed by atoms with Crippen LogP contribution in [-0.2, 0) is 17.6 Å². The zero-order valence-electron chi connectivity index (χ0n) is 16.3. The molecule has 0 N–H and O–H groups in total. The number of ether oxygens (including phenoxy) is 1. The van der Waals surface area contributed by atoms with E-state index in [1.807, 2.05) is 6.92 Å². The minimum Gasteiger partial charge on any atom is -0.460 e. The lowest BCUT2D eigenvalue weighted by Gasteiger charge is -2.35. The van der Waals surface area contributed by atoms with E-state index in [-0.39, 0.29) is 5.82 Å². The smallest absolute Gasteiger partial charge is 0.376 e. The van der Waals surface area contributed by atoms with Crippen LogP contribution in [0.2, 0.25) is 0 Å². The maximum Gasteiger partial charge on any atom is 0.376 e. The Morgan fingerprint density at radius 2 is 1.89 bits per heavy atom. The number of carbonyl (C=O) groups is 1. The SMILES string of the molecule is CCCN1CCN(c2nc(C(=O)OCC)nc3sc4c(c23)CCCC4)CC1. The van der Waals surface area contributed by atoms with Crippen LogP contribution in [0, 0.1) is 0 Å². The van der Waals surface area contributed by atoms with Gasteiger partial charge in [0.2, 0.25) is 5.82 Å². The summed E-state index contributed by atoms with van der Waals surface area (Å²) in [6, 6.07) is 0.